The van der Waals surface area contributed by atoms with Crippen molar-refractivity contribution < 1.29 is 15.0 Å². The molecule has 0 fully saturated rings. The molecule has 168 valence electrons. The number of aliphatic carboxylic acids is 1. The number of aliphatic hydroxyl groups excluding tert-OH is 1. The van der Waals surface area contributed by atoms with Crippen LogP contribution in [0.5, 0.6) is 0 Å². The Kier molecular flexibility index (Phi) is 23.5. The van der Waals surface area contributed by atoms with Crippen molar-refractivity contribution in [2.75, 3.05) is 6.61 Å². The monoisotopic (exact) mass is 399 g/mol. The van der Waals surface area contributed by atoms with E-state index in [4.69, 9.17) is 15.9 Å². The summed E-state index contributed by atoms with van der Waals surface area (Å²) in [5.74, 6) is -0.664. The summed E-state index contributed by atoms with van der Waals surface area (Å²) in [6, 6.07) is 0. The molecule has 0 rings (SSSR count). The van der Waals surface area contributed by atoms with Gasteiger partial charge >= 0.3 is 5.97 Å². The molecule has 0 aliphatic carbocycles. The van der Waals surface area contributed by atoms with Gasteiger partial charge in [-0.1, -0.05) is 84.3 Å². The molecule has 0 spiro atoms. The van der Waals surface area contributed by atoms with Crippen molar-refractivity contribution in [1.82, 2.24) is 0 Å². The number of hydrogen-bond donors (Lipinski definition) is 3. The third kappa shape index (κ3) is 23.2. The first-order valence-corrected chi connectivity index (χ1v) is 11.7. The molecule has 0 aliphatic heterocycles. The number of hydrogen-bond acceptors (Lipinski definition) is 3. The zero-order valence-electron chi connectivity index (χ0n) is 19.1. The molecular formula is C24H49NO3. The highest BCUT2D eigenvalue weighted by molar-refractivity contribution is 5.66. The average molecular weight is 400 g/mol. The van der Waals surface area contributed by atoms with Crippen molar-refractivity contribution in [1.29, 1.82) is 0 Å². The van der Waals surface area contributed by atoms with Crippen LogP contribution >= 0.6 is 0 Å². The van der Waals surface area contributed by atoms with E-state index in [1.54, 1.807) is 0 Å². The molecule has 0 saturated carbocycles. The van der Waals surface area contributed by atoms with E-state index in [1.165, 1.54) is 70.6 Å². The normalized spacial score (nSPS) is 11.5. The fraction of sp³-hybridized carbons (Fsp3) is 0.875. The lowest BCUT2D eigenvalue weighted by atomic mass is 9.96. The molecule has 4 heteroatoms. The van der Waals surface area contributed by atoms with E-state index in [9.17, 15) is 4.79 Å². The van der Waals surface area contributed by atoms with Gasteiger partial charge in [-0.3, -0.25) is 4.79 Å². The number of allylic oxidation sites excluding steroid dienone is 2. The molecule has 0 amide bonds. The molecule has 0 bridgehead atoms. The van der Waals surface area contributed by atoms with Gasteiger partial charge in [0.2, 0.25) is 0 Å². The molecule has 28 heavy (non-hydrogen) atoms. The Morgan fingerprint density at radius 1 is 0.786 bits per heavy atom. The maximum Gasteiger partial charge on any atom is 0.303 e. The van der Waals surface area contributed by atoms with Crippen molar-refractivity contribution in [3.8, 4) is 0 Å². The molecule has 0 aromatic heterocycles. The van der Waals surface area contributed by atoms with E-state index >= 15 is 0 Å². The van der Waals surface area contributed by atoms with Gasteiger partial charge in [-0.2, -0.15) is 0 Å². The van der Waals surface area contributed by atoms with E-state index in [1.807, 2.05) is 13.8 Å². The van der Waals surface area contributed by atoms with E-state index in [0.29, 0.717) is 6.42 Å². The highest BCUT2D eigenvalue weighted by Gasteiger charge is 2.17. The van der Waals surface area contributed by atoms with Crippen molar-refractivity contribution in [2.24, 2.45) is 5.73 Å². The van der Waals surface area contributed by atoms with Gasteiger partial charge in [0.05, 0.1) is 6.61 Å². The van der Waals surface area contributed by atoms with Gasteiger partial charge in [0.15, 0.2) is 0 Å². The fourth-order valence-electron chi connectivity index (χ4n) is 2.82. The lowest BCUT2D eigenvalue weighted by Crippen LogP contribution is -2.42. The molecule has 0 aromatic rings. The number of carboxylic acid groups (broad SMARTS) is 1. The first kappa shape index (κ1) is 29.3. The molecule has 0 saturated heterocycles. The van der Waals surface area contributed by atoms with Crippen LogP contribution in [0.4, 0.5) is 0 Å². The van der Waals surface area contributed by atoms with Crippen LogP contribution in [0.25, 0.3) is 0 Å². The summed E-state index contributed by atoms with van der Waals surface area (Å²) in [4.78, 5) is 10.3. The SMILES string of the molecule is CCC(N)(CC)CO.CCCCCCCC/C=C\CCCCCCCC(=O)O. The van der Waals surface area contributed by atoms with Crippen LogP contribution in [0.3, 0.4) is 0 Å². The Balaban J connectivity index is 0. The van der Waals surface area contributed by atoms with Gasteiger partial charge < -0.3 is 15.9 Å². The Morgan fingerprint density at radius 2 is 1.21 bits per heavy atom. The van der Waals surface area contributed by atoms with Gasteiger partial charge in [-0.05, 0) is 44.9 Å². The molecular weight excluding hydrogens is 350 g/mol. The minimum atomic E-state index is -0.664. The molecule has 0 heterocycles. The summed E-state index contributed by atoms with van der Waals surface area (Å²) in [7, 11) is 0. The molecule has 0 radical (unpaired) electrons. The Labute approximate surface area is 175 Å². The zero-order chi connectivity index (χ0) is 21.5. The third-order valence-corrected chi connectivity index (χ3v) is 5.38. The van der Waals surface area contributed by atoms with Crippen molar-refractivity contribution in [2.45, 2.75) is 129 Å². The lowest BCUT2D eigenvalue weighted by molar-refractivity contribution is -0.137. The van der Waals surface area contributed by atoms with E-state index < -0.39 is 5.97 Å². The highest BCUT2D eigenvalue weighted by atomic mass is 16.4. The summed E-state index contributed by atoms with van der Waals surface area (Å²) in [6.07, 6.45) is 22.9. The van der Waals surface area contributed by atoms with Gasteiger partial charge in [0.25, 0.3) is 0 Å². The molecule has 0 unspecified atom stereocenters. The Morgan fingerprint density at radius 3 is 1.57 bits per heavy atom. The summed E-state index contributed by atoms with van der Waals surface area (Å²) >= 11 is 0. The molecule has 4 nitrogen and oxygen atoms in total. The zero-order valence-corrected chi connectivity index (χ0v) is 19.1. The fourth-order valence-corrected chi connectivity index (χ4v) is 2.82. The van der Waals surface area contributed by atoms with Crippen LogP contribution in [0, 0.1) is 0 Å². The Bertz CT molecular complexity index is 343. The van der Waals surface area contributed by atoms with Gasteiger partial charge in [0, 0.05) is 12.0 Å². The standard InChI is InChI=1S/C18H34O2.C6H15NO/c1-2-3-4-5-6-7-8-9-10-11-12-13-14-15-16-17-18(19)20;1-3-6(7,4-2)5-8/h9-10H,2-8,11-17H2,1H3,(H,19,20);8H,3-5,7H2,1-2H3/b10-9-;. The number of aliphatic hydroxyl groups is 1. The summed E-state index contributed by atoms with van der Waals surface area (Å²) in [5.41, 5.74) is 5.33. The predicted molar refractivity (Wildman–Crippen MR) is 122 cm³/mol. The second-order valence-electron chi connectivity index (χ2n) is 7.96. The second-order valence-corrected chi connectivity index (χ2v) is 7.96. The van der Waals surface area contributed by atoms with Gasteiger partial charge in [-0.15, -0.1) is 0 Å². The number of nitrogens with two attached hydrogens (primary N) is 1. The summed E-state index contributed by atoms with van der Waals surface area (Å²) < 4.78 is 0. The number of unbranched alkanes of at least 4 members (excludes halogenated alkanes) is 11. The summed E-state index contributed by atoms with van der Waals surface area (Å²) in [6.45, 7) is 6.33. The van der Waals surface area contributed by atoms with E-state index in [0.717, 1.165) is 25.7 Å². The van der Waals surface area contributed by atoms with Crippen molar-refractivity contribution in [3.05, 3.63) is 12.2 Å². The Hall–Kier alpha value is -0.870. The van der Waals surface area contributed by atoms with Gasteiger partial charge in [-0.25, -0.2) is 0 Å². The van der Waals surface area contributed by atoms with Crippen molar-refractivity contribution >= 4 is 5.97 Å². The highest BCUT2D eigenvalue weighted by Crippen LogP contribution is 2.10. The predicted octanol–water partition coefficient (Wildman–Crippen LogP) is 6.60. The van der Waals surface area contributed by atoms with Crippen LogP contribution < -0.4 is 5.73 Å². The minimum Gasteiger partial charge on any atom is -0.481 e. The van der Waals surface area contributed by atoms with Gasteiger partial charge in [0.1, 0.15) is 0 Å². The maximum absolute atomic E-state index is 10.3. The first-order chi connectivity index (χ1) is 13.5. The number of rotatable bonds is 18. The largest absolute Gasteiger partial charge is 0.481 e. The van der Waals surface area contributed by atoms with Crippen LogP contribution in [0.2, 0.25) is 0 Å². The average Bonchev–Trinajstić information content (AvgIpc) is 2.70. The quantitative estimate of drug-likeness (QED) is 0.179. The number of carbonyl (C=O) groups is 1. The molecule has 0 aromatic carbocycles. The maximum atomic E-state index is 10.3. The van der Waals surface area contributed by atoms with Crippen molar-refractivity contribution in [3.63, 3.8) is 0 Å². The molecule has 0 atom stereocenters. The third-order valence-electron chi connectivity index (χ3n) is 5.38. The second kappa shape index (κ2) is 22.4. The van der Waals surface area contributed by atoms with E-state index in [2.05, 4.69) is 19.1 Å². The number of carboxylic acids is 1. The van der Waals surface area contributed by atoms with Crippen LogP contribution in [0.1, 0.15) is 124 Å². The molecule has 4 N–H and O–H groups in total. The van der Waals surface area contributed by atoms with Crippen LogP contribution in [0.15, 0.2) is 12.2 Å². The first-order valence-electron chi connectivity index (χ1n) is 11.7. The smallest absolute Gasteiger partial charge is 0.303 e. The van der Waals surface area contributed by atoms with Crippen LogP contribution in [-0.4, -0.2) is 28.3 Å². The lowest BCUT2D eigenvalue weighted by Gasteiger charge is -2.22. The topological polar surface area (TPSA) is 83.5 Å². The summed E-state index contributed by atoms with van der Waals surface area (Å²) in [5, 5.41) is 17.2. The molecule has 0 aliphatic rings. The van der Waals surface area contributed by atoms with Crippen LogP contribution in [-0.2, 0) is 4.79 Å². The minimum absolute atomic E-state index is 0.0972. The van der Waals surface area contributed by atoms with E-state index in [-0.39, 0.29) is 12.1 Å².